The molecule has 6 heteroatoms. The van der Waals surface area contributed by atoms with Gasteiger partial charge in [-0.15, -0.1) is 0 Å². The molecule has 0 aromatic carbocycles. The SMILES string of the molecule is CC(C)(C)OC(=O)N1C(/C=C/CCC(=O)O)COC1(C)C. The van der Waals surface area contributed by atoms with E-state index in [1.165, 1.54) is 0 Å². The molecule has 0 radical (unpaired) electrons. The highest BCUT2D eigenvalue weighted by Crippen LogP contribution is 2.30. The lowest BCUT2D eigenvalue weighted by molar-refractivity contribution is -0.136. The summed E-state index contributed by atoms with van der Waals surface area (Å²) in [5, 5.41) is 8.61. The van der Waals surface area contributed by atoms with Gasteiger partial charge < -0.3 is 14.6 Å². The van der Waals surface area contributed by atoms with Crippen LogP contribution in [-0.2, 0) is 14.3 Å². The first kappa shape index (κ1) is 17.5. The molecule has 0 aromatic heterocycles. The van der Waals surface area contributed by atoms with Crippen LogP contribution in [0.4, 0.5) is 4.79 Å². The molecule has 1 aliphatic heterocycles. The summed E-state index contributed by atoms with van der Waals surface area (Å²) in [5.74, 6) is -0.841. The van der Waals surface area contributed by atoms with Gasteiger partial charge in [0.2, 0.25) is 0 Å². The highest BCUT2D eigenvalue weighted by molar-refractivity contribution is 5.70. The fraction of sp³-hybridized carbons (Fsp3) is 0.733. The Kier molecular flexibility index (Phi) is 5.39. The fourth-order valence-corrected chi connectivity index (χ4v) is 2.10. The van der Waals surface area contributed by atoms with Crippen molar-refractivity contribution < 1.29 is 24.2 Å². The molecule has 120 valence electrons. The third kappa shape index (κ3) is 5.38. The van der Waals surface area contributed by atoms with E-state index in [0.29, 0.717) is 13.0 Å². The van der Waals surface area contributed by atoms with Crippen molar-refractivity contribution in [1.29, 1.82) is 0 Å². The standard InChI is InChI=1S/C15H25NO5/c1-14(2,3)21-13(19)16-11(10-20-15(16,4)5)8-6-7-9-12(17)18/h6,8,11H,7,9-10H2,1-5H3,(H,17,18)/b8-6+. The summed E-state index contributed by atoms with van der Waals surface area (Å²) in [7, 11) is 0. The summed E-state index contributed by atoms with van der Waals surface area (Å²) >= 11 is 0. The zero-order chi connectivity index (χ0) is 16.3. The van der Waals surface area contributed by atoms with Crippen molar-refractivity contribution in [3.63, 3.8) is 0 Å². The molecule has 1 amide bonds. The molecule has 1 saturated heterocycles. The van der Waals surface area contributed by atoms with Gasteiger partial charge in [0.1, 0.15) is 11.3 Å². The molecule has 1 rings (SSSR count). The van der Waals surface area contributed by atoms with Crippen LogP contribution < -0.4 is 0 Å². The number of nitrogens with zero attached hydrogens (tertiary/aromatic N) is 1. The number of rotatable bonds is 4. The maximum Gasteiger partial charge on any atom is 0.413 e. The van der Waals surface area contributed by atoms with Crippen molar-refractivity contribution in [2.24, 2.45) is 0 Å². The maximum absolute atomic E-state index is 12.3. The first-order valence-electron chi connectivity index (χ1n) is 7.08. The number of allylic oxidation sites excluding steroid dienone is 1. The second kappa shape index (κ2) is 6.47. The number of ether oxygens (including phenoxy) is 2. The van der Waals surface area contributed by atoms with E-state index in [2.05, 4.69) is 0 Å². The van der Waals surface area contributed by atoms with E-state index < -0.39 is 23.4 Å². The summed E-state index contributed by atoms with van der Waals surface area (Å²) in [4.78, 5) is 24.4. The number of carboxylic acids is 1. The highest BCUT2D eigenvalue weighted by Gasteiger charge is 2.44. The minimum Gasteiger partial charge on any atom is -0.481 e. The number of carbonyl (C=O) groups excluding carboxylic acids is 1. The Balaban J connectivity index is 2.75. The predicted molar refractivity (Wildman–Crippen MR) is 77.9 cm³/mol. The molecule has 0 aliphatic carbocycles. The number of aliphatic carboxylic acids is 1. The molecule has 0 aromatic rings. The Bertz CT molecular complexity index is 422. The van der Waals surface area contributed by atoms with Crippen LogP contribution in [0.1, 0.15) is 47.5 Å². The van der Waals surface area contributed by atoms with Gasteiger partial charge in [-0.1, -0.05) is 12.2 Å². The first-order chi connectivity index (χ1) is 9.53. The molecule has 1 N–H and O–H groups in total. The average molecular weight is 299 g/mol. The lowest BCUT2D eigenvalue weighted by Crippen LogP contribution is -2.49. The largest absolute Gasteiger partial charge is 0.481 e. The first-order valence-corrected chi connectivity index (χ1v) is 7.08. The lowest BCUT2D eigenvalue weighted by Gasteiger charge is -2.34. The third-order valence-corrected chi connectivity index (χ3v) is 2.99. The number of amides is 1. The summed E-state index contributed by atoms with van der Waals surface area (Å²) in [6.07, 6.45) is 3.63. The molecule has 0 spiro atoms. The smallest absolute Gasteiger partial charge is 0.413 e. The third-order valence-electron chi connectivity index (χ3n) is 2.99. The number of hydrogen-bond acceptors (Lipinski definition) is 4. The zero-order valence-electron chi connectivity index (χ0n) is 13.4. The van der Waals surface area contributed by atoms with E-state index >= 15 is 0 Å². The molecule has 1 fully saturated rings. The minimum atomic E-state index is -0.841. The fourth-order valence-electron chi connectivity index (χ4n) is 2.10. The number of hydrogen-bond donors (Lipinski definition) is 1. The van der Waals surface area contributed by atoms with Gasteiger partial charge in [-0.05, 0) is 41.0 Å². The quantitative estimate of drug-likeness (QED) is 0.808. The van der Waals surface area contributed by atoms with Crippen molar-refractivity contribution in [2.75, 3.05) is 6.61 Å². The van der Waals surface area contributed by atoms with E-state index in [9.17, 15) is 9.59 Å². The monoisotopic (exact) mass is 299 g/mol. The van der Waals surface area contributed by atoms with Gasteiger partial charge in [0.05, 0.1) is 12.6 Å². The van der Waals surface area contributed by atoms with Crippen molar-refractivity contribution >= 4 is 12.1 Å². The van der Waals surface area contributed by atoms with Crippen LogP contribution in [0.3, 0.4) is 0 Å². The summed E-state index contributed by atoms with van der Waals surface area (Å²) in [6, 6.07) is -0.247. The van der Waals surface area contributed by atoms with Crippen LogP contribution >= 0.6 is 0 Å². The Morgan fingerprint density at radius 3 is 2.57 bits per heavy atom. The van der Waals surface area contributed by atoms with E-state index in [1.54, 1.807) is 11.0 Å². The maximum atomic E-state index is 12.3. The second-order valence-electron chi connectivity index (χ2n) is 6.54. The van der Waals surface area contributed by atoms with E-state index in [1.807, 2.05) is 40.7 Å². The van der Waals surface area contributed by atoms with Gasteiger partial charge in [0.25, 0.3) is 0 Å². The van der Waals surface area contributed by atoms with E-state index in [4.69, 9.17) is 14.6 Å². The van der Waals surface area contributed by atoms with Crippen molar-refractivity contribution in [1.82, 2.24) is 4.90 Å². The molecular formula is C15H25NO5. The summed E-state index contributed by atoms with van der Waals surface area (Å²) < 4.78 is 11.0. The van der Waals surface area contributed by atoms with Gasteiger partial charge in [0, 0.05) is 6.42 Å². The normalized spacial score (nSPS) is 21.8. The number of carbonyl (C=O) groups is 2. The predicted octanol–water partition coefficient (Wildman–Crippen LogP) is 2.78. The summed E-state index contributed by atoms with van der Waals surface area (Å²) in [6.45, 7) is 9.42. The van der Waals surface area contributed by atoms with Gasteiger partial charge in [-0.25, -0.2) is 4.79 Å². The van der Waals surface area contributed by atoms with Gasteiger partial charge in [-0.2, -0.15) is 0 Å². The average Bonchev–Trinajstić information content (AvgIpc) is 2.57. The van der Waals surface area contributed by atoms with Crippen LogP contribution in [0.25, 0.3) is 0 Å². The molecule has 1 heterocycles. The Labute approximate surface area is 125 Å². The van der Waals surface area contributed by atoms with Crippen LogP contribution in [0.5, 0.6) is 0 Å². The van der Waals surface area contributed by atoms with Crippen molar-refractivity contribution in [2.45, 2.75) is 64.8 Å². The second-order valence-corrected chi connectivity index (χ2v) is 6.54. The minimum absolute atomic E-state index is 0.0694. The zero-order valence-corrected chi connectivity index (χ0v) is 13.4. The molecule has 21 heavy (non-hydrogen) atoms. The van der Waals surface area contributed by atoms with Crippen LogP contribution in [0.2, 0.25) is 0 Å². The molecule has 6 nitrogen and oxygen atoms in total. The number of carboxylic acid groups (broad SMARTS) is 1. The Hall–Kier alpha value is -1.56. The molecule has 1 atom stereocenters. The van der Waals surface area contributed by atoms with E-state index in [0.717, 1.165) is 0 Å². The lowest BCUT2D eigenvalue weighted by atomic mass is 10.1. The molecule has 0 bridgehead atoms. The van der Waals surface area contributed by atoms with Crippen molar-refractivity contribution in [3.8, 4) is 0 Å². The van der Waals surface area contributed by atoms with E-state index in [-0.39, 0.29) is 12.5 Å². The Morgan fingerprint density at radius 1 is 1.43 bits per heavy atom. The van der Waals surface area contributed by atoms with Crippen LogP contribution in [-0.4, -0.2) is 46.0 Å². The molecule has 1 aliphatic rings. The van der Waals surface area contributed by atoms with Crippen LogP contribution in [0, 0.1) is 0 Å². The van der Waals surface area contributed by atoms with Crippen LogP contribution in [0.15, 0.2) is 12.2 Å². The summed E-state index contributed by atoms with van der Waals surface area (Å²) in [5.41, 5.74) is -1.32. The molecular weight excluding hydrogens is 274 g/mol. The van der Waals surface area contributed by atoms with Crippen molar-refractivity contribution in [3.05, 3.63) is 12.2 Å². The molecule has 0 saturated carbocycles. The van der Waals surface area contributed by atoms with Gasteiger partial charge in [0.15, 0.2) is 0 Å². The molecule has 1 unspecified atom stereocenters. The Morgan fingerprint density at radius 2 is 2.05 bits per heavy atom. The van der Waals surface area contributed by atoms with Gasteiger partial charge in [-0.3, -0.25) is 9.69 Å². The topological polar surface area (TPSA) is 76.1 Å². The van der Waals surface area contributed by atoms with Gasteiger partial charge >= 0.3 is 12.1 Å². The highest BCUT2D eigenvalue weighted by atomic mass is 16.6.